The summed E-state index contributed by atoms with van der Waals surface area (Å²) >= 11 is 0. The summed E-state index contributed by atoms with van der Waals surface area (Å²) in [6, 6.07) is 0. The van der Waals surface area contributed by atoms with E-state index in [1.54, 1.807) is 6.08 Å². The van der Waals surface area contributed by atoms with E-state index in [2.05, 4.69) is 31.8 Å². The Morgan fingerprint density at radius 1 is 1.33 bits per heavy atom. The van der Waals surface area contributed by atoms with Gasteiger partial charge in [-0.2, -0.15) is 0 Å². The van der Waals surface area contributed by atoms with Crippen LogP contribution in [-0.4, -0.2) is 4.98 Å². The van der Waals surface area contributed by atoms with Gasteiger partial charge in [0.05, 0.1) is 5.35 Å². The molecule has 1 N–H and O–H groups in total. The van der Waals surface area contributed by atoms with Gasteiger partial charge >= 0.3 is 5.76 Å². The van der Waals surface area contributed by atoms with E-state index in [0.717, 1.165) is 5.35 Å². The fourth-order valence-electron chi connectivity index (χ4n) is 1.11. The number of aromatic nitrogens is 1. The molecule has 0 fully saturated rings. The zero-order valence-electron chi connectivity index (χ0n) is 9.63. The highest BCUT2D eigenvalue weighted by Gasteiger charge is 2.02. The van der Waals surface area contributed by atoms with Crippen LogP contribution < -0.4 is 16.5 Å². The van der Waals surface area contributed by atoms with Crippen LogP contribution in [0.15, 0.2) is 21.4 Å². The van der Waals surface area contributed by atoms with Gasteiger partial charge in [-0.05, 0) is 18.4 Å². The third-order valence-electron chi connectivity index (χ3n) is 1.84. The van der Waals surface area contributed by atoms with Gasteiger partial charge in [0.15, 0.2) is 5.42 Å². The quantitative estimate of drug-likeness (QED) is 0.751. The third-order valence-corrected chi connectivity index (χ3v) is 1.84. The second-order valence-corrected chi connectivity index (χ2v) is 4.47. The van der Waals surface area contributed by atoms with Gasteiger partial charge < -0.3 is 4.42 Å². The minimum atomic E-state index is -0.418. The molecule has 1 aromatic heterocycles. The molecule has 82 valence electrons. The maximum Gasteiger partial charge on any atom is 0.417 e. The molecule has 3 heteroatoms. The number of allylic oxidation sites excluding steroid dienone is 2. The second kappa shape index (κ2) is 4.34. The van der Waals surface area contributed by atoms with Gasteiger partial charge in [-0.3, -0.25) is 4.98 Å². The first kappa shape index (κ1) is 11.6. The lowest BCUT2D eigenvalue weighted by molar-refractivity contribution is 0.486. The van der Waals surface area contributed by atoms with Gasteiger partial charge in [-0.15, -0.1) is 0 Å². The largest absolute Gasteiger partial charge is 0.417 e. The van der Waals surface area contributed by atoms with Gasteiger partial charge in [0, 0.05) is 0 Å². The molecule has 0 unspecified atom stereocenters. The first-order valence-corrected chi connectivity index (χ1v) is 4.97. The molecule has 1 heterocycles. The number of nitrogens with one attached hydrogen (secondary N) is 1. The highest BCUT2D eigenvalue weighted by molar-refractivity contribution is 5.35. The lowest BCUT2D eigenvalue weighted by Gasteiger charge is -2.09. The van der Waals surface area contributed by atoms with E-state index in [1.165, 1.54) is 0 Å². The summed E-state index contributed by atoms with van der Waals surface area (Å²) in [5.41, 5.74) is 0.700. The van der Waals surface area contributed by atoms with Crippen LogP contribution in [0.3, 0.4) is 0 Å². The smallest absolute Gasteiger partial charge is 0.408 e. The Balaban J connectivity index is 3.13. The van der Waals surface area contributed by atoms with Gasteiger partial charge in [0.2, 0.25) is 0 Å². The monoisotopic (exact) mass is 207 g/mol. The van der Waals surface area contributed by atoms with E-state index in [9.17, 15) is 4.79 Å². The average Bonchev–Trinajstić information content (AvgIpc) is 2.44. The normalized spacial score (nSPS) is 15.5. The maximum absolute atomic E-state index is 10.9. The molecular weight excluding hydrogens is 190 g/mol. The number of H-pyrrole nitrogens is 1. The van der Waals surface area contributed by atoms with Gasteiger partial charge in [0.25, 0.3) is 0 Å². The van der Waals surface area contributed by atoms with E-state index >= 15 is 0 Å². The number of hydrogen-bond donors (Lipinski definition) is 1. The summed E-state index contributed by atoms with van der Waals surface area (Å²) in [5, 5.41) is 0.721. The van der Waals surface area contributed by atoms with E-state index < -0.39 is 5.76 Å². The lowest BCUT2D eigenvalue weighted by Crippen LogP contribution is -2.21. The van der Waals surface area contributed by atoms with Crippen LogP contribution in [-0.2, 0) is 0 Å². The minimum Gasteiger partial charge on any atom is -0.408 e. The Morgan fingerprint density at radius 3 is 2.53 bits per heavy atom. The van der Waals surface area contributed by atoms with Crippen molar-refractivity contribution >= 4 is 12.2 Å². The minimum absolute atomic E-state index is 0.128. The first-order valence-electron chi connectivity index (χ1n) is 4.97. The number of hydrogen-bond acceptors (Lipinski definition) is 2. The van der Waals surface area contributed by atoms with E-state index in [0.29, 0.717) is 5.42 Å². The molecule has 0 spiro atoms. The molecule has 0 amide bonds. The predicted octanol–water partition coefficient (Wildman–Crippen LogP) is 1.15. The molecule has 1 aromatic rings. The summed E-state index contributed by atoms with van der Waals surface area (Å²) in [4.78, 5) is 13.5. The molecular formula is C12H17NO2. The van der Waals surface area contributed by atoms with Crippen molar-refractivity contribution in [3.8, 4) is 0 Å². The molecule has 0 aliphatic heterocycles. The first-order chi connectivity index (χ1) is 6.92. The van der Waals surface area contributed by atoms with Crippen LogP contribution in [0, 0.1) is 5.41 Å². The topological polar surface area (TPSA) is 46.0 Å². The van der Waals surface area contributed by atoms with Crippen molar-refractivity contribution in [3.63, 3.8) is 0 Å². The van der Waals surface area contributed by atoms with Crippen molar-refractivity contribution in [2.24, 2.45) is 5.41 Å². The maximum atomic E-state index is 10.9. The van der Waals surface area contributed by atoms with Crippen LogP contribution in [0.25, 0.3) is 12.2 Å². The summed E-state index contributed by atoms with van der Waals surface area (Å²) in [6.45, 7) is 8.18. The molecule has 0 atom stereocenters. The van der Waals surface area contributed by atoms with Crippen LogP contribution in [0.5, 0.6) is 0 Å². The SMILES string of the molecule is C/C=c1/[nH]c(=O)o/c1=C/C=C/C(C)(C)C. The van der Waals surface area contributed by atoms with Gasteiger partial charge in [-0.1, -0.05) is 39.0 Å². The lowest BCUT2D eigenvalue weighted by atomic mass is 9.96. The molecule has 0 aromatic carbocycles. The van der Waals surface area contributed by atoms with Crippen molar-refractivity contribution in [3.05, 3.63) is 33.5 Å². The molecule has 0 bridgehead atoms. The number of aromatic amines is 1. The van der Waals surface area contributed by atoms with Crippen molar-refractivity contribution in [1.82, 2.24) is 4.98 Å². The van der Waals surface area contributed by atoms with Crippen LogP contribution in [0.4, 0.5) is 0 Å². The highest BCUT2D eigenvalue weighted by Crippen LogP contribution is 2.13. The fraction of sp³-hybridized carbons (Fsp3) is 0.417. The Kier molecular flexibility index (Phi) is 3.35. The van der Waals surface area contributed by atoms with E-state index in [-0.39, 0.29) is 5.41 Å². The van der Waals surface area contributed by atoms with Crippen LogP contribution >= 0.6 is 0 Å². The Hall–Kier alpha value is -1.51. The Bertz CT molecular complexity index is 509. The Morgan fingerprint density at radius 2 is 2.00 bits per heavy atom. The fourth-order valence-corrected chi connectivity index (χ4v) is 1.11. The standard InChI is InChI=1S/C12H17NO2/c1-5-9-10(15-11(14)13-9)7-6-8-12(2,3)4/h5-8H,1-4H3,(H,13,14)/b8-6+,9-5+,10-7+. The molecule has 15 heavy (non-hydrogen) atoms. The van der Waals surface area contributed by atoms with Crippen molar-refractivity contribution in [2.75, 3.05) is 0 Å². The second-order valence-electron chi connectivity index (χ2n) is 4.47. The van der Waals surface area contributed by atoms with E-state index in [4.69, 9.17) is 4.42 Å². The van der Waals surface area contributed by atoms with Gasteiger partial charge in [-0.25, -0.2) is 4.79 Å². The zero-order valence-corrected chi connectivity index (χ0v) is 9.63. The summed E-state index contributed by atoms with van der Waals surface area (Å²) < 4.78 is 4.97. The summed E-state index contributed by atoms with van der Waals surface area (Å²) in [5.74, 6) is -0.418. The summed E-state index contributed by atoms with van der Waals surface area (Å²) in [7, 11) is 0. The number of rotatable bonds is 1. The molecule has 0 saturated heterocycles. The van der Waals surface area contributed by atoms with Crippen LogP contribution in [0.2, 0.25) is 0 Å². The molecule has 0 radical (unpaired) electrons. The molecule has 0 aliphatic rings. The van der Waals surface area contributed by atoms with Crippen molar-refractivity contribution in [1.29, 1.82) is 0 Å². The molecule has 0 aliphatic carbocycles. The van der Waals surface area contributed by atoms with Crippen LogP contribution in [0.1, 0.15) is 27.7 Å². The van der Waals surface area contributed by atoms with Gasteiger partial charge in [0.1, 0.15) is 0 Å². The molecule has 0 saturated carbocycles. The average molecular weight is 207 g/mol. The van der Waals surface area contributed by atoms with E-state index in [1.807, 2.05) is 19.1 Å². The molecule has 1 rings (SSSR count). The Labute approximate surface area is 88.8 Å². The van der Waals surface area contributed by atoms with Crippen molar-refractivity contribution < 1.29 is 4.42 Å². The molecule has 3 nitrogen and oxygen atoms in total. The number of oxazole rings is 1. The predicted molar refractivity (Wildman–Crippen MR) is 61.8 cm³/mol. The third kappa shape index (κ3) is 3.62. The van der Waals surface area contributed by atoms with Crippen molar-refractivity contribution in [2.45, 2.75) is 27.7 Å². The highest BCUT2D eigenvalue weighted by atomic mass is 16.4. The summed E-state index contributed by atoms with van der Waals surface area (Å²) in [6.07, 6.45) is 7.55. The zero-order chi connectivity index (χ0) is 11.5.